The van der Waals surface area contributed by atoms with Crippen molar-refractivity contribution < 1.29 is 14.3 Å². The molecule has 0 bridgehead atoms. The van der Waals surface area contributed by atoms with Crippen LogP contribution < -0.4 is 0 Å². The van der Waals surface area contributed by atoms with Gasteiger partial charge in [0, 0.05) is 0 Å². The van der Waals surface area contributed by atoms with Crippen molar-refractivity contribution >= 4 is 11.8 Å². The van der Waals surface area contributed by atoms with E-state index in [1.807, 2.05) is 6.07 Å². The van der Waals surface area contributed by atoms with Crippen LogP contribution in [-0.2, 0) is 14.3 Å². The zero-order valence-electron chi connectivity index (χ0n) is 9.77. The van der Waals surface area contributed by atoms with Gasteiger partial charge in [-0.05, 0) is 26.3 Å². The Bertz CT molecular complexity index is 368. The van der Waals surface area contributed by atoms with Crippen LogP contribution in [0.5, 0.6) is 0 Å². The molecule has 3 nitrogen and oxygen atoms in total. The van der Waals surface area contributed by atoms with E-state index in [9.17, 15) is 9.59 Å². The van der Waals surface area contributed by atoms with E-state index in [0.29, 0.717) is 5.56 Å². The number of rotatable bonds is 4. The predicted octanol–water partition coefficient (Wildman–Crippen LogP) is 2.31. The van der Waals surface area contributed by atoms with E-state index in [0.717, 1.165) is 0 Å². The minimum atomic E-state index is -0.802. The summed E-state index contributed by atoms with van der Waals surface area (Å²) >= 11 is 0. The summed E-state index contributed by atoms with van der Waals surface area (Å²) in [7, 11) is 0. The van der Waals surface area contributed by atoms with Gasteiger partial charge in [0.2, 0.25) is 0 Å². The summed E-state index contributed by atoms with van der Waals surface area (Å²) in [5.41, 5.74) is 0.681. The van der Waals surface area contributed by atoms with Crippen molar-refractivity contribution in [3.05, 3.63) is 35.9 Å². The van der Waals surface area contributed by atoms with Gasteiger partial charge >= 0.3 is 5.97 Å². The molecule has 0 fully saturated rings. The molecule has 0 saturated heterocycles. The molecule has 0 amide bonds. The Morgan fingerprint density at radius 1 is 1.12 bits per heavy atom. The Balaban J connectivity index is 2.92. The lowest BCUT2D eigenvalue weighted by molar-refractivity contribution is -0.151. The van der Waals surface area contributed by atoms with Gasteiger partial charge in [-0.1, -0.05) is 30.3 Å². The second-order valence-electron chi connectivity index (χ2n) is 3.94. The number of ketones is 1. The lowest BCUT2D eigenvalue weighted by Crippen LogP contribution is -2.24. The number of Topliss-reactive ketones (excluding diaryl/α,β-unsaturated/α-hetero) is 1. The summed E-state index contributed by atoms with van der Waals surface area (Å²) in [4.78, 5) is 23.2. The fraction of sp³-hybridized carbons (Fsp3) is 0.385. The highest BCUT2D eigenvalue weighted by molar-refractivity contribution is 6.03. The van der Waals surface area contributed by atoms with Crippen LogP contribution in [0.25, 0.3) is 0 Å². The lowest BCUT2D eigenvalue weighted by atomic mass is 9.96. The van der Waals surface area contributed by atoms with Crippen LogP contribution in [0.1, 0.15) is 32.3 Å². The Morgan fingerprint density at radius 3 is 2.12 bits per heavy atom. The van der Waals surface area contributed by atoms with Crippen molar-refractivity contribution in [1.29, 1.82) is 0 Å². The van der Waals surface area contributed by atoms with E-state index in [4.69, 9.17) is 4.74 Å². The topological polar surface area (TPSA) is 43.4 Å². The number of carbonyl (C=O) groups is 2. The number of carbonyl (C=O) groups excluding carboxylic acids is 2. The van der Waals surface area contributed by atoms with Gasteiger partial charge in [0.25, 0.3) is 0 Å². The molecule has 1 aromatic rings. The molecule has 0 N–H and O–H groups in total. The van der Waals surface area contributed by atoms with Crippen LogP contribution in [0.15, 0.2) is 30.3 Å². The maximum absolute atomic E-state index is 11.8. The lowest BCUT2D eigenvalue weighted by Gasteiger charge is -2.15. The fourth-order valence-corrected chi connectivity index (χ4v) is 1.48. The Labute approximate surface area is 95.4 Å². The normalized spacial score (nSPS) is 12.2. The molecule has 1 aromatic carbocycles. The van der Waals surface area contributed by atoms with Crippen LogP contribution >= 0.6 is 0 Å². The zero-order valence-corrected chi connectivity index (χ0v) is 9.77. The van der Waals surface area contributed by atoms with Gasteiger partial charge in [0.1, 0.15) is 11.7 Å². The number of hydrogen-bond acceptors (Lipinski definition) is 3. The average molecular weight is 220 g/mol. The van der Waals surface area contributed by atoms with E-state index in [2.05, 4.69) is 0 Å². The molecule has 86 valence electrons. The largest absolute Gasteiger partial charge is 0.462 e. The smallest absolute Gasteiger partial charge is 0.321 e. The van der Waals surface area contributed by atoms with Gasteiger partial charge in [-0.2, -0.15) is 0 Å². The van der Waals surface area contributed by atoms with Crippen molar-refractivity contribution in [2.24, 2.45) is 0 Å². The van der Waals surface area contributed by atoms with Crippen LogP contribution in [0.4, 0.5) is 0 Å². The molecule has 0 saturated carbocycles. The highest BCUT2D eigenvalue weighted by atomic mass is 16.5. The highest BCUT2D eigenvalue weighted by Gasteiger charge is 2.27. The quantitative estimate of drug-likeness (QED) is 0.577. The maximum Gasteiger partial charge on any atom is 0.321 e. The summed E-state index contributed by atoms with van der Waals surface area (Å²) in [5.74, 6) is -1.48. The Hall–Kier alpha value is -1.64. The first-order valence-electron chi connectivity index (χ1n) is 5.28. The standard InChI is InChI=1S/C13H16O3/c1-9(2)16-13(15)12(10(3)14)11-7-5-4-6-8-11/h4-9,12H,1-3H3. The number of ether oxygens (including phenoxy) is 1. The average Bonchev–Trinajstić information content (AvgIpc) is 2.17. The van der Waals surface area contributed by atoms with Crippen molar-refractivity contribution in [3.8, 4) is 0 Å². The van der Waals surface area contributed by atoms with Crippen molar-refractivity contribution in [2.45, 2.75) is 32.8 Å². The first-order chi connectivity index (χ1) is 7.52. The Morgan fingerprint density at radius 2 is 1.69 bits per heavy atom. The van der Waals surface area contributed by atoms with E-state index in [-0.39, 0.29) is 11.9 Å². The summed E-state index contributed by atoms with van der Waals surface area (Å²) in [6, 6.07) is 8.96. The molecular weight excluding hydrogens is 204 g/mol. The highest BCUT2D eigenvalue weighted by Crippen LogP contribution is 2.19. The number of benzene rings is 1. The van der Waals surface area contributed by atoms with Crippen molar-refractivity contribution in [1.82, 2.24) is 0 Å². The molecule has 0 spiro atoms. The van der Waals surface area contributed by atoms with Gasteiger partial charge in [0.05, 0.1) is 6.10 Å². The molecule has 1 atom stereocenters. The van der Waals surface area contributed by atoms with Crippen molar-refractivity contribution in [3.63, 3.8) is 0 Å². The minimum Gasteiger partial charge on any atom is -0.462 e. The second-order valence-corrected chi connectivity index (χ2v) is 3.94. The van der Waals surface area contributed by atoms with Gasteiger partial charge in [-0.15, -0.1) is 0 Å². The first kappa shape index (κ1) is 12.4. The molecule has 1 unspecified atom stereocenters. The fourth-order valence-electron chi connectivity index (χ4n) is 1.48. The van der Waals surface area contributed by atoms with E-state index < -0.39 is 11.9 Å². The molecule has 16 heavy (non-hydrogen) atoms. The predicted molar refractivity (Wildman–Crippen MR) is 61.1 cm³/mol. The molecule has 0 aliphatic carbocycles. The second kappa shape index (κ2) is 5.45. The maximum atomic E-state index is 11.8. The molecule has 0 heterocycles. The third-order valence-electron chi connectivity index (χ3n) is 2.13. The van der Waals surface area contributed by atoms with E-state index in [1.54, 1.807) is 38.1 Å². The molecule has 0 aromatic heterocycles. The van der Waals surface area contributed by atoms with Crippen LogP contribution in [0.3, 0.4) is 0 Å². The van der Waals surface area contributed by atoms with Crippen LogP contribution in [-0.4, -0.2) is 17.9 Å². The first-order valence-corrected chi connectivity index (χ1v) is 5.28. The summed E-state index contributed by atoms with van der Waals surface area (Å²) < 4.78 is 5.07. The number of esters is 1. The summed E-state index contributed by atoms with van der Waals surface area (Å²) in [6.45, 7) is 4.93. The van der Waals surface area contributed by atoms with Crippen molar-refractivity contribution in [2.75, 3.05) is 0 Å². The van der Waals surface area contributed by atoms with Crippen LogP contribution in [0, 0.1) is 0 Å². The van der Waals surface area contributed by atoms with E-state index in [1.165, 1.54) is 6.92 Å². The Kier molecular flexibility index (Phi) is 4.23. The zero-order chi connectivity index (χ0) is 12.1. The van der Waals surface area contributed by atoms with Gasteiger partial charge < -0.3 is 4.74 Å². The van der Waals surface area contributed by atoms with Gasteiger partial charge in [0.15, 0.2) is 0 Å². The minimum absolute atomic E-state index is 0.197. The molecule has 0 aliphatic heterocycles. The molecule has 3 heteroatoms. The molecular formula is C13H16O3. The summed E-state index contributed by atoms with van der Waals surface area (Å²) in [6.07, 6.45) is -0.210. The molecule has 0 aliphatic rings. The van der Waals surface area contributed by atoms with Gasteiger partial charge in [-0.3, -0.25) is 9.59 Å². The summed E-state index contributed by atoms with van der Waals surface area (Å²) in [5, 5.41) is 0. The number of hydrogen-bond donors (Lipinski definition) is 0. The van der Waals surface area contributed by atoms with Gasteiger partial charge in [-0.25, -0.2) is 0 Å². The SMILES string of the molecule is CC(=O)C(C(=O)OC(C)C)c1ccccc1. The third-order valence-corrected chi connectivity index (χ3v) is 2.13. The monoisotopic (exact) mass is 220 g/mol. The van der Waals surface area contributed by atoms with Crippen LogP contribution in [0.2, 0.25) is 0 Å². The van der Waals surface area contributed by atoms with E-state index >= 15 is 0 Å². The molecule has 0 radical (unpaired) electrons. The molecule has 1 rings (SSSR count). The third kappa shape index (κ3) is 3.19.